The van der Waals surface area contributed by atoms with Crippen molar-refractivity contribution in [1.29, 1.82) is 0 Å². The first-order valence-corrected chi connectivity index (χ1v) is 13.1. The number of ether oxygens (including phenoxy) is 3. The zero-order valence-electron chi connectivity index (χ0n) is 20.8. The third-order valence-electron chi connectivity index (χ3n) is 5.36. The highest BCUT2D eigenvalue weighted by Crippen LogP contribution is 2.44. The summed E-state index contributed by atoms with van der Waals surface area (Å²) in [6, 6.07) is 0. The number of aliphatic hydroxyl groups is 1. The summed E-state index contributed by atoms with van der Waals surface area (Å²) >= 11 is 0. The van der Waals surface area contributed by atoms with Gasteiger partial charge in [0.2, 0.25) is 5.67 Å². The van der Waals surface area contributed by atoms with Gasteiger partial charge in [-0.3, -0.25) is 23.5 Å². The van der Waals surface area contributed by atoms with Gasteiger partial charge in [0.25, 0.3) is 5.56 Å². The first-order valence-electron chi connectivity index (χ1n) is 11.5. The Balaban J connectivity index is 1.82. The molecule has 0 bridgehead atoms. The monoisotopic (exact) mass is 558 g/mol. The number of aliphatic hydroxyl groups excluding tert-OH is 1. The number of halogens is 1. The summed E-state index contributed by atoms with van der Waals surface area (Å²) in [5, 5.41) is 15.4. The summed E-state index contributed by atoms with van der Waals surface area (Å²) in [5.74, 6) is 0.576. The summed E-state index contributed by atoms with van der Waals surface area (Å²) in [7, 11) is -4.18. The average molecular weight is 558 g/mol. The van der Waals surface area contributed by atoms with Crippen molar-refractivity contribution in [3.05, 3.63) is 22.5 Å². The van der Waals surface area contributed by atoms with Crippen molar-refractivity contribution in [1.82, 2.24) is 29.7 Å². The number of fused-ring (bicyclic) bond motifs is 1. The minimum atomic E-state index is -4.18. The van der Waals surface area contributed by atoms with Gasteiger partial charge in [0.05, 0.1) is 26.1 Å². The molecule has 3 rings (SSSR count). The number of aryl methyl sites for hydroxylation is 1. The molecule has 15 nitrogen and oxygen atoms in total. The second-order valence-electron chi connectivity index (χ2n) is 7.99. The predicted octanol–water partition coefficient (Wildman–Crippen LogP) is -0.542. The van der Waals surface area contributed by atoms with E-state index in [-0.39, 0.29) is 30.2 Å². The standard InChI is InChI=1S/C21H28FN6O9P/c1-5-21(22)17(31)13(37-20(21)28-11-23-16-18(28)26-12(4)27-19(16)32)10-36-38(33,24-8-14(29)34-6-2)25-9-15(30)35-7-3/h1,11,13,17,20,31H,6-10H2,2-4H3,(H2,24,25,33)(H,26,27,32)/t13-,17?,20-,21+/m1/s1. The van der Waals surface area contributed by atoms with E-state index >= 15 is 4.39 Å². The molecule has 1 aliphatic heterocycles. The van der Waals surface area contributed by atoms with E-state index < -0.39 is 69.0 Å². The number of rotatable bonds is 12. The maximum Gasteiger partial charge on any atom is 0.341 e. The summed E-state index contributed by atoms with van der Waals surface area (Å²) in [6.07, 6.45) is 1.35. The molecule has 1 aliphatic rings. The summed E-state index contributed by atoms with van der Waals surface area (Å²) in [4.78, 5) is 46.2. The van der Waals surface area contributed by atoms with Gasteiger partial charge in [-0.25, -0.2) is 24.5 Å². The molecule has 0 amide bonds. The normalized spacial score (nSPS) is 23.3. The van der Waals surface area contributed by atoms with E-state index in [1.807, 2.05) is 5.92 Å². The fraction of sp³-hybridized carbons (Fsp3) is 0.571. The number of carbonyl (C=O) groups is 2. The van der Waals surface area contributed by atoms with Crippen molar-refractivity contribution in [2.24, 2.45) is 0 Å². The van der Waals surface area contributed by atoms with Gasteiger partial charge in [0.1, 0.15) is 31.1 Å². The third kappa shape index (κ3) is 6.26. The molecule has 1 unspecified atom stereocenters. The number of esters is 2. The van der Waals surface area contributed by atoms with Gasteiger partial charge < -0.3 is 28.8 Å². The van der Waals surface area contributed by atoms with Gasteiger partial charge in [-0.05, 0) is 20.8 Å². The quantitative estimate of drug-likeness (QED) is 0.147. The number of aromatic nitrogens is 4. The van der Waals surface area contributed by atoms with Gasteiger partial charge in [0, 0.05) is 0 Å². The molecule has 0 spiro atoms. The van der Waals surface area contributed by atoms with Crippen LogP contribution in [0, 0.1) is 19.3 Å². The lowest BCUT2D eigenvalue weighted by Crippen LogP contribution is -2.42. The number of carbonyl (C=O) groups excluding carboxylic acids is 2. The third-order valence-corrected chi connectivity index (χ3v) is 7.03. The molecule has 0 aromatic carbocycles. The van der Waals surface area contributed by atoms with Crippen LogP contribution in [0.3, 0.4) is 0 Å². The van der Waals surface area contributed by atoms with E-state index in [0.717, 1.165) is 10.9 Å². The number of alkyl halides is 1. The van der Waals surface area contributed by atoms with Gasteiger partial charge in [-0.2, -0.15) is 0 Å². The van der Waals surface area contributed by atoms with Crippen molar-refractivity contribution in [2.45, 2.75) is 44.9 Å². The highest BCUT2D eigenvalue weighted by atomic mass is 31.2. The lowest BCUT2D eigenvalue weighted by Gasteiger charge is -2.24. The number of nitrogens with zero attached hydrogens (tertiary/aromatic N) is 3. The van der Waals surface area contributed by atoms with Crippen LogP contribution in [0.15, 0.2) is 11.1 Å². The highest BCUT2D eigenvalue weighted by Gasteiger charge is 2.58. The van der Waals surface area contributed by atoms with Crippen molar-refractivity contribution < 1.29 is 42.4 Å². The predicted molar refractivity (Wildman–Crippen MR) is 128 cm³/mol. The van der Waals surface area contributed by atoms with E-state index in [2.05, 4.69) is 25.1 Å². The number of nitrogens with one attached hydrogen (secondary N) is 3. The molecule has 2 aromatic heterocycles. The molecular formula is C21H28FN6O9P. The lowest BCUT2D eigenvalue weighted by atomic mass is 9.97. The van der Waals surface area contributed by atoms with Crippen LogP contribution in [-0.4, -0.2) is 87.4 Å². The molecule has 0 saturated carbocycles. The number of H-pyrrole nitrogens is 1. The van der Waals surface area contributed by atoms with Gasteiger partial charge in [-0.1, -0.05) is 5.92 Å². The second kappa shape index (κ2) is 12.1. The van der Waals surface area contributed by atoms with Crippen LogP contribution >= 0.6 is 7.67 Å². The van der Waals surface area contributed by atoms with E-state index in [9.17, 15) is 24.1 Å². The van der Waals surface area contributed by atoms with E-state index in [1.165, 1.54) is 6.92 Å². The van der Waals surface area contributed by atoms with Crippen LogP contribution in [0.4, 0.5) is 4.39 Å². The number of terminal acetylenes is 1. The first-order chi connectivity index (χ1) is 18.0. The van der Waals surface area contributed by atoms with Crippen LogP contribution < -0.4 is 15.7 Å². The van der Waals surface area contributed by atoms with Crippen LogP contribution in [0.2, 0.25) is 0 Å². The van der Waals surface area contributed by atoms with Gasteiger partial charge in [0.15, 0.2) is 17.4 Å². The molecule has 17 heteroatoms. The van der Waals surface area contributed by atoms with Gasteiger partial charge >= 0.3 is 19.6 Å². The van der Waals surface area contributed by atoms with Crippen LogP contribution in [0.25, 0.3) is 11.2 Å². The molecule has 208 valence electrons. The largest absolute Gasteiger partial charge is 0.465 e. The maximum atomic E-state index is 15.9. The molecule has 38 heavy (non-hydrogen) atoms. The number of aromatic amines is 1. The Kier molecular flexibility index (Phi) is 9.36. The molecule has 0 aliphatic carbocycles. The summed E-state index contributed by atoms with van der Waals surface area (Å²) < 4.78 is 50.8. The summed E-state index contributed by atoms with van der Waals surface area (Å²) in [6.45, 7) is 2.98. The fourth-order valence-electron chi connectivity index (χ4n) is 3.61. The van der Waals surface area contributed by atoms with Crippen molar-refractivity contribution in [3.63, 3.8) is 0 Å². The fourth-order valence-corrected chi connectivity index (χ4v) is 4.93. The van der Waals surface area contributed by atoms with Crippen LogP contribution in [0.1, 0.15) is 25.9 Å². The molecule has 0 radical (unpaired) electrons. The molecule has 2 aromatic rings. The minimum absolute atomic E-state index is 0.0415. The van der Waals surface area contributed by atoms with Gasteiger partial charge in [-0.15, -0.1) is 6.42 Å². The SMILES string of the molecule is C#C[C@]1(F)C(O)[C@@H](COP(=O)(NCC(=O)OCC)NCC(=O)OCC)O[C@H]1n1cnc2c(=O)[nH]c(C)nc21. The Morgan fingerprint density at radius 1 is 1.32 bits per heavy atom. The maximum absolute atomic E-state index is 15.9. The smallest absolute Gasteiger partial charge is 0.341 e. The molecule has 4 atom stereocenters. The molecule has 1 fully saturated rings. The first kappa shape index (κ1) is 29.4. The Labute approximate surface area is 216 Å². The Bertz CT molecular complexity index is 1300. The van der Waals surface area contributed by atoms with Crippen LogP contribution in [-0.2, 0) is 32.9 Å². The molecule has 4 N–H and O–H groups in total. The van der Waals surface area contributed by atoms with Crippen molar-refractivity contribution in [2.75, 3.05) is 32.9 Å². The zero-order chi connectivity index (χ0) is 28.1. The Morgan fingerprint density at radius 3 is 2.47 bits per heavy atom. The van der Waals surface area contributed by atoms with E-state index in [0.29, 0.717) is 0 Å². The molecule has 3 heterocycles. The molecular weight excluding hydrogens is 530 g/mol. The minimum Gasteiger partial charge on any atom is -0.465 e. The zero-order valence-corrected chi connectivity index (χ0v) is 21.7. The average Bonchev–Trinajstić information content (AvgIpc) is 3.40. The molecule has 1 saturated heterocycles. The van der Waals surface area contributed by atoms with Crippen molar-refractivity contribution >= 4 is 30.8 Å². The number of hydrogen-bond acceptors (Lipinski definition) is 11. The number of imidazole rings is 1. The summed E-state index contributed by atoms with van der Waals surface area (Å²) in [5.41, 5.74) is -3.56. The Morgan fingerprint density at radius 2 is 1.92 bits per heavy atom. The second-order valence-corrected chi connectivity index (χ2v) is 9.98. The Hall–Kier alpha value is -3.19. The number of hydrogen-bond donors (Lipinski definition) is 4. The lowest BCUT2D eigenvalue weighted by molar-refractivity contribution is -0.142. The van der Waals surface area contributed by atoms with E-state index in [1.54, 1.807) is 13.8 Å². The van der Waals surface area contributed by atoms with Crippen LogP contribution in [0.5, 0.6) is 0 Å². The highest BCUT2D eigenvalue weighted by molar-refractivity contribution is 7.54. The van der Waals surface area contributed by atoms with Crippen molar-refractivity contribution in [3.8, 4) is 12.3 Å². The van der Waals surface area contributed by atoms with E-state index in [4.69, 9.17) is 25.2 Å². The topological polar surface area (TPSA) is 196 Å².